The number of nitrogens with two attached hydrogens (primary N) is 2. The van der Waals surface area contributed by atoms with Crippen molar-refractivity contribution in [2.24, 2.45) is 0 Å². The van der Waals surface area contributed by atoms with E-state index in [9.17, 15) is 4.79 Å². The molecule has 4 N–H and O–H groups in total. The summed E-state index contributed by atoms with van der Waals surface area (Å²) < 4.78 is 5.23. The Morgan fingerprint density at radius 3 is 2.70 bits per heavy atom. The minimum atomic E-state index is -0.502. The third kappa shape index (κ3) is 3.22. The third-order valence-corrected chi connectivity index (χ3v) is 3.07. The first kappa shape index (κ1) is 14.2. The predicted molar refractivity (Wildman–Crippen MR) is 80.6 cm³/mol. The fraction of sp³-hybridized carbons (Fsp3) is 0.133. The fourth-order valence-corrected chi connectivity index (χ4v) is 2.06. The minimum absolute atomic E-state index is 0.132. The second-order valence-corrected chi connectivity index (χ2v) is 4.96. The SMILES string of the molecule is Cc1cc(N)c(N)c(C(=O)OCc2cccc(Cl)c2)c1. The van der Waals surface area contributed by atoms with Crippen molar-refractivity contribution >= 4 is 28.9 Å². The van der Waals surface area contributed by atoms with Gasteiger partial charge in [0.05, 0.1) is 16.9 Å². The number of halogens is 1. The molecular weight excluding hydrogens is 276 g/mol. The topological polar surface area (TPSA) is 78.3 Å². The van der Waals surface area contributed by atoms with E-state index in [-0.39, 0.29) is 17.9 Å². The summed E-state index contributed by atoms with van der Waals surface area (Å²) in [4.78, 5) is 12.0. The molecule has 0 aromatic heterocycles. The van der Waals surface area contributed by atoms with Crippen LogP contribution in [0.1, 0.15) is 21.5 Å². The van der Waals surface area contributed by atoms with Crippen LogP contribution in [-0.2, 0) is 11.3 Å². The molecule has 0 amide bonds. The maximum absolute atomic E-state index is 12.0. The summed E-state index contributed by atoms with van der Waals surface area (Å²) in [5.41, 5.74) is 14.1. The second-order valence-electron chi connectivity index (χ2n) is 4.52. The average Bonchev–Trinajstić information content (AvgIpc) is 2.40. The first-order valence-electron chi connectivity index (χ1n) is 6.04. The summed E-state index contributed by atoms with van der Waals surface area (Å²) in [6, 6.07) is 10.5. The van der Waals surface area contributed by atoms with Gasteiger partial charge < -0.3 is 16.2 Å². The number of aryl methyl sites for hydroxylation is 1. The molecule has 0 saturated heterocycles. The fourth-order valence-electron chi connectivity index (χ4n) is 1.85. The zero-order chi connectivity index (χ0) is 14.7. The number of hydrogen-bond donors (Lipinski definition) is 2. The molecular formula is C15H15ClN2O2. The Morgan fingerprint density at radius 1 is 1.25 bits per heavy atom. The zero-order valence-electron chi connectivity index (χ0n) is 11.0. The molecule has 0 spiro atoms. The number of rotatable bonds is 3. The summed E-state index contributed by atoms with van der Waals surface area (Å²) in [6.45, 7) is 1.97. The van der Waals surface area contributed by atoms with Gasteiger partial charge in [0.15, 0.2) is 0 Å². The van der Waals surface area contributed by atoms with Gasteiger partial charge in [0, 0.05) is 5.02 Å². The first-order chi connectivity index (χ1) is 9.47. The molecule has 0 unspecified atom stereocenters. The van der Waals surface area contributed by atoms with E-state index in [0.29, 0.717) is 10.7 Å². The van der Waals surface area contributed by atoms with Crippen LogP contribution in [0.3, 0.4) is 0 Å². The molecule has 2 rings (SSSR count). The van der Waals surface area contributed by atoms with Crippen LogP contribution < -0.4 is 11.5 Å². The Balaban J connectivity index is 2.13. The van der Waals surface area contributed by atoms with Gasteiger partial charge in [-0.25, -0.2) is 4.79 Å². The molecule has 5 heteroatoms. The summed E-state index contributed by atoms with van der Waals surface area (Å²) in [7, 11) is 0. The van der Waals surface area contributed by atoms with Crippen molar-refractivity contribution in [3.8, 4) is 0 Å². The van der Waals surface area contributed by atoms with Crippen LogP contribution in [0, 0.1) is 6.92 Å². The number of ether oxygens (including phenoxy) is 1. The Hall–Kier alpha value is -2.20. The van der Waals surface area contributed by atoms with Gasteiger partial charge in [0.2, 0.25) is 0 Å². The number of carbonyl (C=O) groups is 1. The molecule has 0 aliphatic heterocycles. The van der Waals surface area contributed by atoms with Gasteiger partial charge in [-0.1, -0.05) is 23.7 Å². The lowest BCUT2D eigenvalue weighted by molar-refractivity contribution is 0.0474. The van der Waals surface area contributed by atoms with Crippen molar-refractivity contribution in [3.63, 3.8) is 0 Å². The monoisotopic (exact) mass is 290 g/mol. The van der Waals surface area contributed by atoms with E-state index in [2.05, 4.69) is 0 Å². The van der Waals surface area contributed by atoms with Crippen molar-refractivity contribution in [1.29, 1.82) is 0 Å². The summed E-state index contributed by atoms with van der Waals surface area (Å²) in [5.74, 6) is -0.502. The Kier molecular flexibility index (Phi) is 4.15. The highest BCUT2D eigenvalue weighted by Gasteiger charge is 2.14. The van der Waals surface area contributed by atoms with E-state index in [1.54, 1.807) is 30.3 Å². The minimum Gasteiger partial charge on any atom is -0.457 e. The van der Waals surface area contributed by atoms with Crippen molar-refractivity contribution in [2.45, 2.75) is 13.5 Å². The van der Waals surface area contributed by atoms with Crippen LogP contribution in [0.4, 0.5) is 11.4 Å². The van der Waals surface area contributed by atoms with Crippen LogP contribution in [0.15, 0.2) is 36.4 Å². The molecule has 0 heterocycles. The van der Waals surface area contributed by atoms with Crippen LogP contribution in [-0.4, -0.2) is 5.97 Å². The standard InChI is InChI=1S/C15H15ClN2O2/c1-9-5-12(14(18)13(17)6-9)15(19)20-8-10-3-2-4-11(16)7-10/h2-7H,8,17-18H2,1H3. The van der Waals surface area contributed by atoms with Crippen molar-refractivity contribution in [2.75, 3.05) is 11.5 Å². The van der Waals surface area contributed by atoms with Gasteiger partial charge in [0.1, 0.15) is 6.61 Å². The van der Waals surface area contributed by atoms with E-state index in [1.807, 2.05) is 13.0 Å². The highest BCUT2D eigenvalue weighted by atomic mass is 35.5. The summed E-state index contributed by atoms with van der Waals surface area (Å²) in [5, 5.41) is 0.595. The molecule has 104 valence electrons. The zero-order valence-corrected chi connectivity index (χ0v) is 11.8. The van der Waals surface area contributed by atoms with Crippen LogP contribution in [0.25, 0.3) is 0 Å². The van der Waals surface area contributed by atoms with Gasteiger partial charge in [-0.2, -0.15) is 0 Å². The number of esters is 1. The van der Waals surface area contributed by atoms with E-state index in [4.69, 9.17) is 27.8 Å². The van der Waals surface area contributed by atoms with Crippen molar-refractivity contribution < 1.29 is 9.53 Å². The molecule has 2 aromatic rings. The van der Waals surface area contributed by atoms with Gasteiger partial charge in [-0.05, 0) is 42.3 Å². The largest absolute Gasteiger partial charge is 0.457 e. The van der Waals surface area contributed by atoms with Gasteiger partial charge in [-0.15, -0.1) is 0 Å². The second kappa shape index (κ2) is 5.84. The lowest BCUT2D eigenvalue weighted by Gasteiger charge is -2.10. The highest BCUT2D eigenvalue weighted by molar-refractivity contribution is 6.30. The lowest BCUT2D eigenvalue weighted by atomic mass is 10.1. The first-order valence-corrected chi connectivity index (χ1v) is 6.42. The molecule has 0 fully saturated rings. The summed E-state index contributed by atoms with van der Waals surface area (Å²) >= 11 is 5.87. The molecule has 0 aliphatic rings. The molecule has 0 atom stereocenters. The molecule has 4 nitrogen and oxygen atoms in total. The van der Waals surface area contributed by atoms with Crippen LogP contribution >= 0.6 is 11.6 Å². The number of hydrogen-bond acceptors (Lipinski definition) is 4. The van der Waals surface area contributed by atoms with Gasteiger partial charge in [0.25, 0.3) is 0 Å². The smallest absolute Gasteiger partial charge is 0.340 e. The van der Waals surface area contributed by atoms with Crippen LogP contribution in [0.5, 0.6) is 0 Å². The number of anilines is 2. The maximum Gasteiger partial charge on any atom is 0.340 e. The Labute approximate surface area is 122 Å². The molecule has 0 saturated carbocycles. The predicted octanol–water partition coefficient (Wildman–Crippen LogP) is 3.17. The van der Waals surface area contributed by atoms with Crippen molar-refractivity contribution in [1.82, 2.24) is 0 Å². The highest BCUT2D eigenvalue weighted by Crippen LogP contribution is 2.23. The molecule has 20 heavy (non-hydrogen) atoms. The Bertz CT molecular complexity index is 656. The number of carbonyl (C=O) groups excluding carboxylic acids is 1. The molecule has 0 aliphatic carbocycles. The Morgan fingerprint density at radius 2 is 2.00 bits per heavy atom. The lowest BCUT2D eigenvalue weighted by Crippen LogP contribution is -2.10. The normalized spacial score (nSPS) is 10.3. The van der Waals surface area contributed by atoms with E-state index >= 15 is 0 Å². The van der Waals surface area contributed by atoms with Gasteiger partial charge in [-0.3, -0.25) is 0 Å². The van der Waals surface area contributed by atoms with Crippen LogP contribution in [0.2, 0.25) is 5.02 Å². The van der Waals surface area contributed by atoms with E-state index < -0.39 is 5.97 Å². The molecule has 0 bridgehead atoms. The third-order valence-electron chi connectivity index (χ3n) is 2.84. The average molecular weight is 291 g/mol. The number of nitrogen functional groups attached to an aromatic ring is 2. The maximum atomic E-state index is 12.0. The number of benzene rings is 2. The van der Waals surface area contributed by atoms with Crippen molar-refractivity contribution in [3.05, 3.63) is 58.1 Å². The quantitative estimate of drug-likeness (QED) is 0.672. The van der Waals surface area contributed by atoms with Gasteiger partial charge >= 0.3 is 5.97 Å². The molecule has 0 radical (unpaired) electrons. The van der Waals surface area contributed by atoms with E-state index in [1.165, 1.54) is 0 Å². The molecule has 2 aromatic carbocycles. The van der Waals surface area contributed by atoms with E-state index in [0.717, 1.165) is 11.1 Å². The summed E-state index contributed by atoms with van der Waals surface area (Å²) in [6.07, 6.45) is 0.